The lowest BCUT2D eigenvalue weighted by atomic mass is 9.88. The van der Waals surface area contributed by atoms with Crippen LogP contribution in [-0.2, 0) is 25.1 Å². The number of nitrogens with zero attached hydrogens (tertiary/aromatic N) is 2. The zero-order valence-corrected chi connectivity index (χ0v) is 23.8. The standard InChI is InChI=1S/C29H24F9N3O5/c1-40(2)20-12-21(13-20)46-24-6-4-19(11-22(24)29(36,37)38)39-26(42)16-3-5-25(23(9-16)41(43)44)45-14-15-7-17(27(30,31)32)10-18(8-15)28(33,34)35/h3-11,20-21H,12-14H2,1-2H3,(H,39,42). The van der Waals surface area contributed by atoms with Crippen molar-refractivity contribution < 1.29 is 58.7 Å². The van der Waals surface area contributed by atoms with E-state index in [1.165, 1.54) is 0 Å². The molecule has 0 unspecified atom stereocenters. The van der Waals surface area contributed by atoms with Gasteiger partial charge in [0.15, 0.2) is 5.75 Å². The van der Waals surface area contributed by atoms with Gasteiger partial charge in [-0.05, 0) is 81.0 Å². The Labute approximate surface area is 254 Å². The lowest BCUT2D eigenvalue weighted by Crippen LogP contribution is -2.46. The molecule has 1 fully saturated rings. The smallest absolute Gasteiger partial charge is 0.420 e. The number of alkyl halides is 9. The van der Waals surface area contributed by atoms with Crippen LogP contribution in [-0.4, -0.2) is 42.0 Å². The fourth-order valence-electron chi connectivity index (χ4n) is 4.56. The molecule has 1 aliphatic carbocycles. The quantitative estimate of drug-likeness (QED) is 0.142. The molecule has 0 saturated heterocycles. The largest absolute Gasteiger partial charge is 0.490 e. The van der Waals surface area contributed by atoms with Crippen LogP contribution in [0.5, 0.6) is 11.5 Å². The number of ether oxygens (including phenoxy) is 2. The SMILES string of the molecule is CN(C)C1CC(Oc2ccc(NC(=O)c3ccc(OCc4cc(C(F)(F)F)cc(C(F)(F)F)c4)c([N+](=O)[O-])c3)cc2C(F)(F)F)C1. The number of amides is 1. The number of rotatable bonds is 9. The number of benzene rings is 3. The molecule has 3 aromatic carbocycles. The van der Waals surface area contributed by atoms with Crippen LogP contribution in [0.4, 0.5) is 50.9 Å². The van der Waals surface area contributed by atoms with Crippen molar-refractivity contribution in [2.75, 3.05) is 19.4 Å². The molecule has 8 nitrogen and oxygen atoms in total. The van der Waals surface area contributed by atoms with E-state index < -0.39 is 87.1 Å². The summed E-state index contributed by atoms with van der Waals surface area (Å²) in [6, 6.07) is 6.24. The number of nitrogens with one attached hydrogen (secondary N) is 1. The first-order valence-corrected chi connectivity index (χ1v) is 13.3. The van der Waals surface area contributed by atoms with Crippen LogP contribution in [0.25, 0.3) is 0 Å². The summed E-state index contributed by atoms with van der Waals surface area (Å²) in [5, 5.41) is 13.9. The second-order valence-corrected chi connectivity index (χ2v) is 10.6. The second kappa shape index (κ2) is 12.7. The van der Waals surface area contributed by atoms with Crippen molar-refractivity contribution in [1.82, 2.24) is 4.90 Å². The average Bonchev–Trinajstić information content (AvgIpc) is 2.92. The highest BCUT2D eigenvalue weighted by atomic mass is 19.4. The van der Waals surface area contributed by atoms with Crippen LogP contribution < -0.4 is 14.8 Å². The third-order valence-electron chi connectivity index (χ3n) is 7.10. The van der Waals surface area contributed by atoms with Crippen molar-refractivity contribution in [3.05, 3.63) is 92.5 Å². The van der Waals surface area contributed by atoms with Gasteiger partial charge in [0, 0.05) is 23.4 Å². The van der Waals surface area contributed by atoms with Crippen molar-refractivity contribution in [3.63, 3.8) is 0 Å². The van der Waals surface area contributed by atoms with E-state index in [4.69, 9.17) is 9.47 Å². The first-order chi connectivity index (χ1) is 21.2. The highest BCUT2D eigenvalue weighted by molar-refractivity contribution is 6.05. The van der Waals surface area contributed by atoms with Gasteiger partial charge >= 0.3 is 24.2 Å². The van der Waals surface area contributed by atoms with E-state index in [-0.39, 0.29) is 17.8 Å². The lowest BCUT2D eigenvalue weighted by Gasteiger charge is -2.39. The maximum atomic E-state index is 13.8. The Morgan fingerprint density at radius 2 is 1.46 bits per heavy atom. The summed E-state index contributed by atoms with van der Waals surface area (Å²) in [5.74, 6) is -2.09. The van der Waals surface area contributed by atoms with Gasteiger partial charge in [-0.2, -0.15) is 39.5 Å². The molecule has 0 heterocycles. The molecule has 0 radical (unpaired) electrons. The molecule has 17 heteroatoms. The van der Waals surface area contributed by atoms with Gasteiger partial charge < -0.3 is 19.7 Å². The molecule has 4 rings (SSSR count). The van der Waals surface area contributed by atoms with Gasteiger partial charge in [0.2, 0.25) is 0 Å². The highest BCUT2D eigenvalue weighted by Gasteiger charge is 2.39. The van der Waals surface area contributed by atoms with Crippen molar-refractivity contribution in [1.29, 1.82) is 0 Å². The first-order valence-electron chi connectivity index (χ1n) is 13.3. The number of hydrogen-bond acceptors (Lipinski definition) is 6. The van der Waals surface area contributed by atoms with Gasteiger partial charge in [-0.3, -0.25) is 14.9 Å². The monoisotopic (exact) mass is 665 g/mol. The Balaban J connectivity index is 1.52. The van der Waals surface area contributed by atoms with Gasteiger partial charge in [0.25, 0.3) is 5.91 Å². The maximum Gasteiger partial charge on any atom is 0.420 e. The minimum Gasteiger partial charge on any atom is -0.490 e. The molecule has 0 bridgehead atoms. The lowest BCUT2D eigenvalue weighted by molar-refractivity contribution is -0.386. The van der Waals surface area contributed by atoms with Crippen LogP contribution in [0.15, 0.2) is 54.6 Å². The van der Waals surface area contributed by atoms with Gasteiger partial charge in [-0.25, -0.2) is 0 Å². The fourth-order valence-corrected chi connectivity index (χ4v) is 4.56. The van der Waals surface area contributed by atoms with Gasteiger partial charge in [0.1, 0.15) is 18.5 Å². The molecule has 0 atom stereocenters. The Morgan fingerprint density at radius 1 is 0.870 bits per heavy atom. The highest BCUT2D eigenvalue weighted by Crippen LogP contribution is 2.41. The Kier molecular flexibility index (Phi) is 9.47. The van der Waals surface area contributed by atoms with Crippen LogP contribution in [0.2, 0.25) is 0 Å². The third kappa shape index (κ3) is 8.18. The van der Waals surface area contributed by atoms with Crippen LogP contribution in [0.1, 0.15) is 45.5 Å². The number of halogens is 9. The van der Waals surface area contributed by atoms with E-state index in [2.05, 4.69) is 5.32 Å². The van der Waals surface area contributed by atoms with Crippen LogP contribution in [0, 0.1) is 10.1 Å². The predicted molar refractivity (Wildman–Crippen MR) is 144 cm³/mol. The van der Waals surface area contributed by atoms with E-state index in [9.17, 15) is 54.4 Å². The normalized spacial score (nSPS) is 17.0. The average molecular weight is 666 g/mol. The summed E-state index contributed by atoms with van der Waals surface area (Å²) < 4.78 is 131. The summed E-state index contributed by atoms with van der Waals surface area (Å²) in [5.41, 5.74) is -6.58. The summed E-state index contributed by atoms with van der Waals surface area (Å²) in [6.07, 6.45) is -14.5. The Hall–Kier alpha value is -4.54. The van der Waals surface area contributed by atoms with Gasteiger partial charge in [-0.1, -0.05) is 0 Å². The van der Waals surface area contributed by atoms with Crippen LogP contribution >= 0.6 is 0 Å². The van der Waals surface area contributed by atoms with Crippen LogP contribution in [0.3, 0.4) is 0 Å². The topological polar surface area (TPSA) is 93.9 Å². The van der Waals surface area contributed by atoms with Crippen molar-refractivity contribution >= 4 is 17.3 Å². The molecule has 0 spiro atoms. The molecule has 1 aliphatic rings. The Bertz CT molecular complexity index is 1580. The number of nitro benzene ring substituents is 1. The van der Waals surface area contributed by atoms with Crippen molar-refractivity contribution in [3.8, 4) is 11.5 Å². The minimum absolute atomic E-state index is 0.0909. The van der Waals surface area contributed by atoms with E-state index in [0.717, 1.165) is 24.3 Å². The molecule has 0 aromatic heterocycles. The molecule has 1 N–H and O–H groups in total. The summed E-state index contributed by atoms with van der Waals surface area (Å²) >= 11 is 0. The van der Waals surface area contributed by atoms with Gasteiger partial charge in [-0.15, -0.1) is 0 Å². The third-order valence-corrected chi connectivity index (χ3v) is 7.10. The molecule has 248 valence electrons. The number of carbonyl (C=O) groups is 1. The summed E-state index contributed by atoms with van der Waals surface area (Å²) in [7, 11) is 3.68. The van der Waals surface area contributed by atoms with Crippen molar-refractivity contribution in [2.24, 2.45) is 0 Å². The van der Waals surface area contributed by atoms with Crippen molar-refractivity contribution in [2.45, 2.75) is 50.1 Å². The minimum atomic E-state index is -5.13. The molecule has 1 amide bonds. The number of nitro groups is 1. The zero-order valence-electron chi connectivity index (χ0n) is 23.8. The predicted octanol–water partition coefficient (Wildman–Crippen LogP) is 7.95. The molecule has 0 aliphatic heterocycles. The molecule has 3 aromatic rings. The molecule has 46 heavy (non-hydrogen) atoms. The molecule has 1 saturated carbocycles. The van der Waals surface area contributed by atoms with Gasteiger partial charge in [0.05, 0.1) is 21.6 Å². The van der Waals surface area contributed by atoms with E-state index in [1.807, 2.05) is 19.0 Å². The van der Waals surface area contributed by atoms with E-state index in [0.29, 0.717) is 37.1 Å². The molecular weight excluding hydrogens is 641 g/mol. The second-order valence-electron chi connectivity index (χ2n) is 10.6. The number of hydrogen-bond donors (Lipinski definition) is 1. The summed E-state index contributed by atoms with van der Waals surface area (Å²) in [4.78, 5) is 25.4. The number of carbonyl (C=O) groups excluding carboxylic acids is 1. The maximum absolute atomic E-state index is 13.8. The number of anilines is 1. The first kappa shape index (κ1) is 34.3. The van der Waals surface area contributed by atoms with E-state index >= 15 is 0 Å². The Morgan fingerprint density at radius 3 is 1.98 bits per heavy atom. The summed E-state index contributed by atoms with van der Waals surface area (Å²) in [6.45, 7) is -0.940. The van der Waals surface area contributed by atoms with E-state index in [1.54, 1.807) is 0 Å². The zero-order chi connectivity index (χ0) is 34.2. The molecular formula is C29H24F9N3O5. The fraction of sp³-hybridized carbons (Fsp3) is 0.345.